The lowest BCUT2D eigenvalue weighted by molar-refractivity contribution is -0.144. The Labute approximate surface area is 543 Å². The van der Waals surface area contributed by atoms with E-state index in [2.05, 4.69) is 53.2 Å². The summed E-state index contributed by atoms with van der Waals surface area (Å²) < 4.78 is 0. The van der Waals surface area contributed by atoms with Gasteiger partial charge in [-0.1, -0.05) is 71.9 Å². The zero-order valence-electron chi connectivity index (χ0n) is 53.6. The molecule has 0 aromatic heterocycles. The largest absolute Gasteiger partial charge is 0.481 e. The molecule has 33 nitrogen and oxygen atoms in total. The van der Waals surface area contributed by atoms with E-state index in [4.69, 9.17) is 28.0 Å². The van der Waals surface area contributed by atoms with Gasteiger partial charge in [-0.3, -0.25) is 71.9 Å². The van der Waals surface area contributed by atoms with Crippen molar-refractivity contribution in [3.05, 3.63) is 35.9 Å². The SMILES string of the molecule is CSCC[C@H](NC(=O)[C@H](CC(C)C)NC(=O)CNC(=O)[C@@H](NC(=O)[C@H](Cc1ccccc1)NC(=O)[C@H](CCC(N)=O)NC(=O)[C@H](CC(=O)O)NC(=O)[C@H](CO)NC(=O)[C@H](CCCCN)NC(=O)[C@@H]1CCCN1C(=O)[C@@H](NC(=O)[C@@H](N)CC(=O)O)C(C)C)C(C)C)C(N)=O. The van der Waals surface area contributed by atoms with Gasteiger partial charge in [-0.25, -0.2) is 0 Å². The molecule has 0 radical (unpaired) electrons. The second-order valence-electron chi connectivity index (χ2n) is 23.6. The van der Waals surface area contributed by atoms with Crippen molar-refractivity contribution in [1.82, 2.24) is 58.1 Å². The number of nitrogens with zero attached hydrogens (tertiary/aromatic N) is 1. The maximum absolute atomic E-state index is 14.3. The highest BCUT2D eigenvalue weighted by Crippen LogP contribution is 2.22. The van der Waals surface area contributed by atoms with Gasteiger partial charge in [-0.05, 0) is 93.2 Å². The monoisotopic (exact) mass is 1330 g/mol. The summed E-state index contributed by atoms with van der Waals surface area (Å²) in [5.74, 6) is -16.1. The fourth-order valence-corrected chi connectivity index (χ4v) is 10.1. The summed E-state index contributed by atoms with van der Waals surface area (Å²) in [7, 11) is 0. The molecule has 1 aliphatic rings. The quantitative estimate of drug-likeness (QED) is 0.0272. The Balaban J connectivity index is 2.38. The number of carbonyl (C=O) groups is 15. The molecule has 1 aromatic rings. The lowest BCUT2D eigenvalue weighted by Gasteiger charge is -2.32. The Morgan fingerprint density at radius 2 is 1.12 bits per heavy atom. The molecule has 13 amide bonds. The van der Waals surface area contributed by atoms with Gasteiger partial charge in [0.25, 0.3) is 0 Å². The number of aliphatic hydroxyl groups is 1. The van der Waals surface area contributed by atoms with E-state index in [1.165, 1.54) is 16.7 Å². The predicted molar refractivity (Wildman–Crippen MR) is 337 cm³/mol. The minimum atomic E-state index is -2.07. The Morgan fingerprint density at radius 1 is 0.591 bits per heavy atom. The van der Waals surface area contributed by atoms with E-state index in [1.807, 2.05) is 6.26 Å². The Hall–Kier alpha value is -8.50. The number of hydrogen-bond acceptors (Lipinski definition) is 19. The minimum Gasteiger partial charge on any atom is -0.481 e. The average Bonchev–Trinajstić information content (AvgIpc) is 1.78. The van der Waals surface area contributed by atoms with Gasteiger partial charge in [0.15, 0.2) is 0 Å². The topological polar surface area (TPSA) is 544 Å². The summed E-state index contributed by atoms with van der Waals surface area (Å²) in [4.78, 5) is 200. The molecule has 1 aromatic carbocycles. The summed E-state index contributed by atoms with van der Waals surface area (Å²) in [5.41, 5.74) is 22.8. The standard InChI is InChI=1S/C59H95N15O18S/c1-30(2)24-38(53(86)66-35(49(63)82)20-23-93-7)65-44(77)28-64-58(91)47(31(3)4)72-55(88)39(25-33-14-9-8-10-15-33)69-52(85)37(18-19-43(62)76)67-54(87)40(27-46(80)81)70-56(89)41(29-75)71-51(84)36(16-11-12-21-60)68-57(90)42-17-13-22-74(42)59(92)48(32(5)6)73-50(83)34(61)26-45(78)79/h8-10,14-15,30-32,34-42,47-48,75H,11-13,16-29,60-61H2,1-7H3,(H2,62,76)(H2,63,82)(H,64,91)(H,65,77)(H,66,86)(H,67,87)(H,68,90)(H,69,85)(H,70,89)(H,71,84)(H,72,88)(H,73,83)(H,78,79)(H,80,81)/t34-,35-,36-,37-,38-,39-,40-,41-,42-,47-,48-/m0/s1. The molecule has 21 N–H and O–H groups in total. The molecule has 34 heteroatoms. The third-order valence-corrected chi connectivity index (χ3v) is 15.4. The van der Waals surface area contributed by atoms with Gasteiger partial charge in [0, 0.05) is 19.4 Å². The molecule has 1 fully saturated rings. The van der Waals surface area contributed by atoms with E-state index in [1.54, 1.807) is 71.9 Å². The number of carbonyl (C=O) groups excluding carboxylic acids is 13. The smallest absolute Gasteiger partial charge is 0.305 e. The number of amides is 13. The van der Waals surface area contributed by atoms with Crippen LogP contribution in [0, 0.1) is 17.8 Å². The number of aliphatic carboxylic acids is 2. The summed E-state index contributed by atoms with van der Waals surface area (Å²) >= 11 is 1.44. The zero-order chi connectivity index (χ0) is 70.2. The first-order valence-electron chi connectivity index (χ1n) is 30.7. The van der Waals surface area contributed by atoms with Crippen LogP contribution in [0.2, 0.25) is 0 Å². The average molecular weight is 1330 g/mol. The second kappa shape index (κ2) is 41.2. The molecule has 0 spiro atoms. The predicted octanol–water partition coefficient (Wildman–Crippen LogP) is -5.04. The lowest BCUT2D eigenvalue weighted by atomic mass is 10.00. The Kier molecular flexibility index (Phi) is 35.7. The van der Waals surface area contributed by atoms with Crippen molar-refractivity contribution in [2.45, 2.75) is 185 Å². The van der Waals surface area contributed by atoms with Crippen molar-refractivity contribution in [3.63, 3.8) is 0 Å². The number of unbranched alkanes of at least 4 members (excludes halogenated alkanes) is 1. The molecule has 1 saturated heterocycles. The summed E-state index contributed by atoms with van der Waals surface area (Å²) in [6.45, 7) is 8.38. The van der Waals surface area contributed by atoms with Gasteiger partial charge in [0.05, 0.1) is 32.0 Å². The van der Waals surface area contributed by atoms with E-state index >= 15 is 0 Å². The fraction of sp³-hybridized carbons (Fsp3) is 0.644. The number of aliphatic hydroxyl groups excluding tert-OH is 1. The molecule has 0 bridgehead atoms. The number of nitrogens with two attached hydrogens (primary N) is 4. The van der Waals surface area contributed by atoms with Gasteiger partial charge in [0.1, 0.15) is 60.4 Å². The first kappa shape index (κ1) is 80.6. The van der Waals surface area contributed by atoms with E-state index in [-0.39, 0.29) is 57.5 Å². The van der Waals surface area contributed by atoms with Gasteiger partial charge < -0.3 is 96.3 Å². The molecular formula is C59H95N15O18S. The molecule has 0 saturated carbocycles. The maximum atomic E-state index is 14.3. The fourth-order valence-electron chi connectivity index (χ4n) is 9.66. The van der Waals surface area contributed by atoms with Crippen LogP contribution in [-0.4, -0.2) is 214 Å². The van der Waals surface area contributed by atoms with Crippen molar-refractivity contribution >= 4 is 100 Å². The van der Waals surface area contributed by atoms with Gasteiger partial charge >= 0.3 is 11.9 Å². The highest BCUT2D eigenvalue weighted by atomic mass is 32.2. The van der Waals surface area contributed by atoms with Crippen LogP contribution in [-0.2, 0) is 78.3 Å². The molecule has 93 heavy (non-hydrogen) atoms. The first-order chi connectivity index (χ1) is 43.7. The number of rotatable bonds is 43. The number of nitrogens with one attached hydrogen (secondary N) is 10. The van der Waals surface area contributed by atoms with Crippen LogP contribution in [0.1, 0.15) is 118 Å². The van der Waals surface area contributed by atoms with Crippen LogP contribution in [0.3, 0.4) is 0 Å². The lowest BCUT2D eigenvalue weighted by Crippen LogP contribution is -2.61. The molecule has 1 aliphatic heterocycles. The van der Waals surface area contributed by atoms with Crippen molar-refractivity contribution in [2.24, 2.45) is 40.7 Å². The molecule has 2 rings (SSSR count). The van der Waals surface area contributed by atoms with Gasteiger partial charge in [0.2, 0.25) is 76.8 Å². The van der Waals surface area contributed by atoms with Crippen molar-refractivity contribution < 1.29 is 87.2 Å². The summed E-state index contributed by atoms with van der Waals surface area (Å²) in [5, 5.41) is 53.9. The van der Waals surface area contributed by atoms with Crippen LogP contribution >= 0.6 is 11.8 Å². The van der Waals surface area contributed by atoms with E-state index in [0.717, 1.165) is 0 Å². The second-order valence-corrected chi connectivity index (χ2v) is 24.6. The number of primary amides is 2. The third kappa shape index (κ3) is 28.9. The molecule has 1 heterocycles. The maximum Gasteiger partial charge on any atom is 0.305 e. The molecule has 520 valence electrons. The molecule has 0 aliphatic carbocycles. The Morgan fingerprint density at radius 3 is 1.67 bits per heavy atom. The normalized spacial score (nSPS) is 16.1. The highest BCUT2D eigenvalue weighted by molar-refractivity contribution is 7.98. The molecular weight excluding hydrogens is 1240 g/mol. The van der Waals surface area contributed by atoms with Crippen molar-refractivity contribution in [3.8, 4) is 0 Å². The van der Waals surface area contributed by atoms with Crippen LogP contribution in [0.4, 0.5) is 0 Å². The molecule has 11 atom stereocenters. The number of benzene rings is 1. The first-order valence-corrected chi connectivity index (χ1v) is 32.1. The highest BCUT2D eigenvalue weighted by Gasteiger charge is 2.41. The van der Waals surface area contributed by atoms with Gasteiger partial charge in [-0.2, -0.15) is 11.8 Å². The summed E-state index contributed by atoms with van der Waals surface area (Å²) in [6, 6.07) is -8.00. The van der Waals surface area contributed by atoms with Crippen LogP contribution in [0.15, 0.2) is 30.3 Å². The number of hydrogen-bond donors (Lipinski definition) is 17. The van der Waals surface area contributed by atoms with Crippen LogP contribution in [0.5, 0.6) is 0 Å². The minimum absolute atomic E-state index is 0.0579. The van der Waals surface area contributed by atoms with Crippen molar-refractivity contribution in [2.75, 3.05) is 38.2 Å². The number of thioether (sulfide) groups is 1. The zero-order valence-corrected chi connectivity index (χ0v) is 54.4. The number of carboxylic acid groups (broad SMARTS) is 2. The van der Waals surface area contributed by atoms with E-state index in [9.17, 15) is 82.1 Å². The van der Waals surface area contributed by atoms with E-state index in [0.29, 0.717) is 24.2 Å². The summed E-state index contributed by atoms with van der Waals surface area (Å²) in [6.07, 6.45) is -0.0898. The third-order valence-electron chi connectivity index (χ3n) is 14.7. The number of carboxylic acids is 2. The van der Waals surface area contributed by atoms with Crippen molar-refractivity contribution in [1.29, 1.82) is 0 Å². The van der Waals surface area contributed by atoms with E-state index < -0.39 is 206 Å². The molecule has 0 unspecified atom stereocenters. The number of likely N-dealkylation sites (tertiary alicyclic amines) is 1. The Bertz CT molecular complexity index is 2760. The van der Waals surface area contributed by atoms with Crippen LogP contribution in [0.25, 0.3) is 0 Å². The van der Waals surface area contributed by atoms with Gasteiger partial charge in [-0.15, -0.1) is 0 Å². The van der Waals surface area contributed by atoms with Crippen LogP contribution < -0.4 is 76.1 Å².